The smallest absolute Gasteiger partial charge is 0.271 e. The van der Waals surface area contributed by atoms with E-state index in [1.165, 1.54) is 9.13 Å². The maximum absolute atomic E-state index is 12.4. The molecule has 6 heteroatoms. The molecular weight excluding hydrogens is 501 g/mol. The van der Waals surface area contributed by atoms with Gasteiger partial charge in [-0.15, -0.1) is 0 Å². The molecule has 0 bridgehead atoms. The molecule has 0 radical (unpaired) electrons. The quantitative estimate of drug-likeness (QED) is 0.199. The number of amides is 1. The van der Waals surface area contributed by atoms with Crippen LogP contribution in [0.15, 0.2) is 84.1 Å². The van der Waals surface area contributed by atoms with Crippen molar-refractivity contribution in [2.75, 3.05) is 6.61 Å². The summed E-state index contributed by atoms with van der Waals surface area (Å²) in [5.41, 5.74) is 6.45. The van der Waals surface area contributed by atoms with E-state index < -0.39 is 0 Å². The second kappa shape index (κ2) is 9.78. The summed E-state index contributed by atoms with van der Waals surface area (Å²) in [6.07, 6.45) is 3.76. The first-order chi connectivity index (χ1) is 15.1. The van der Waals surface area contributed by atoms with Gasteiger partial charge >= 0.3 is 0 Å². The number of hydrazone groups is 1. The predicted octanol–water partition coefficient (Wildman–Crippen LogP) is 5.46. The fourth-order valence-electron chi connectivity index (χ4n) is 3.39. The van der Waals surface area contributed by atoms with E-state index in [9.17, 15) is 4.79 Å². The van der Waals surface area contributed by atoms with Crippen molar-refractivity contribution < 1.29 is 9.53 Å². The minimum absolute atomic E-state index is 0.262. The van der Waals surface area contributed by atoms with Crippen molar-refractivity contribution in [2.45, 2.75) is 13.5 Å². The third-order valence-corrected chi connectivity index (χ3v) is 5.60. The van der Waals surface area contributed by atoms with Crippen LogP contribution in [0, 0.1) is 3.57 Å². The van der Waals surface area contributed by atoms with Crippen molar-refractivity contribution in [1.29, 1.82) is 0 Å². The number of hydrogen-bond acceptors (Lipinski definition) is 3. The topological polar surface area (TPSA) is 55.6 Å². The fourth-order valence-corrected chi connectivity index (χ4v) is 3.75. The molecule has 0 aliphatic heterocycles. The van der Waals surface area contributed by atoms with Gasteiger partial charge in [0.15, 0.2) is 0 Å². The van der Waals surface area contributed by atoms with Crippen LogP contribution in [0.1, 0.15) is 28.4 Å². The van der Waals surface area contributed by atoms with Gasteiger partial charge in [0.05, 0.1) is 12.8 Å². The minimum Gasteiger partial charge on any atom is -0.494 e. The first-order valence-electron chi connectivity index (χ1n) is 10.0. The van der Waals surface area contributed by atoms with Gasteiger partial charge in [-0.3, -0.25) is 4.79 Å². The Morgan fingerprint density at radius 3 is 2.55 bits per heavy atom. The SMILES string of the molecule is CCOc1ccc(C(=O)N/N=C\c2cn(Cc3ccc(I)cc3)c3ccccc23)cc1. The standard InChI is InChI=1S/C25H22IN3O2/c1-2-31-22-13-9-19(10-14-22)25(30)28-27-15-20-17-29(24-6-4-3-5-23(20)24)16-18-7-11-21(26)12-8-18/h3-15,17H,2,16H2,1H3,(H,28,30)/b27-15-. The summed E-state index contributed by atoms with van der Waals surface area (Å²) in [7, 11) is 0. The van der Waals surface area contributed by atoms with Crippen molar-refractivity contribution in [2.24, 2.45) is 5.10 Å². The van der Waals surface area contributed by atoms with Gasteiger partial charge in [0.2, 0.25) is 0 Å². The highest BCUT2D eigenvalue weighted by Gasteiger charge is 2.08. The molecule has 31 heavy (non-hydrogen) atoms. The number of benzene rings is 3. The minimum atomic E-state index is -0.262. The van der Waals surface area contributed by atoms with Crippen LogP contribution in [0.5, 0.6) is 5.75 Å². The molecule has 5 nitrogen and oxygen atoms in total. The van der Waals surface area contributed by atoms with Crippen molar-refractivity contribution >= 4 is 45.6 Å². The van der Waals surface area contributed by atoms with Crippen LogP contribution in [-0.4, -0.2) is 23.3 Å². The van der Waals surface area contributed by atoms with E-state index in [-0.39, 0.29) is 5.91 Å². The molecule has 3 aromatic carbocycles. The van der Waals surface area contributed by atoms with Crippen LogP contribution in [0.25, 0.3) is 10.9 Å². The normalized spacial score (nSPS) is 11.2. The van der Waals surface area contributed by atoms with Gasteiger partial charge in [0.25, 0.3) is 5.91 Å². The molecule has 1 heterocycles. The van der Waals surface area contributed by atoms with Gasteiger partial charge in [-0.05, 0) is 77.5 Å². The Labute approximate surface area is 194 Å². The van der Waals surface area contributed by atoms with E-state index >= 15 is 0 Å². The van der Waals surface area contributed by atoms with Gasteiger partial charge in [0.1, 0.15) is 5.75 Å². The highest BCUT2D eigenvalue weighted by molar-refractivity contribution is 14.1. The molecule has 0 aliphatic rings. The molecule has 0 aliphatic carbocycles. The number of halogens is 1. The summed E-state index contributed by atoms with van der Waals surface area (Å²) < 4.78 is 8.83. The highest BCUT2D eigenvalue weighted by Crippen LogP contribution is 2.21. The number of rotatable bonds is 7. The lowest BCUT2D eigenvalue weighted by atomic mass is 10.2. The molecule has 1 aromatic heterocycles. The molecule has 4 rings (SSSR count). The lowest BCUT2D eigenvalue weighted by molar-refractivity contribution is 0.0955. The van der Waals surface area contributed by atoms with Gasteiger partial charge < -0.3 is 9.30 Å². The van der Waals surface area contributed by atoms with Crippen LogP contribution >= 0.6 is 22.6 Å². The van der Waals surface area contributed by atoms with Crippen LogP contribution in [0.2, 0.25) is 0 Å². The second-order valence-corrected chi connectivity index (χ2v) is 8.26. The van der Waals surface area contributed by atoms with Gasteiger partial charge in [-0.1, -0.05) is 30.3 Å². The van der Waals surface area contributed by atoms with Gasteiger partial charge in [-0.25, -0.2) is 5.43 Å². The monoisotopic (exact) mass is 523 g/mol. The zero-order chi connectivity index (χ0) is 21.6. The third-order valence-electron chi connectivity index (χ3n) is 4.88. The van der Waals surface area contributed by atoms with Crippen LogP contribution < -0.4 is 10.2 Å². The second-order valence-electron chi connectivity index (χ2n) is 7.01. The summed E-state index contributed by atoms with van der Waals surface area (Å²) >= 11 is 2.31. The molecule has 0 saturated carbocycles. The third kappa shape index (κ3) is 5.14. The van der Waals surface area contributed by atoms with E-state index in [0.29, 0.717) is 12.2 Å². The zero-order valence-corrected chi connectivity index (χ0v) is 19.2. The molecule has 0 atom stereocenters. The summed E-state index contributed by atoms with van der Waals surface area (Å²) in [6.45, 7) is 3.28. The number of para-hydroxylation sites is 1. The Morgan fingerprint density at radius 2 is 1.81 bits per heavy atom. The van der Waals surface area contributed by atoms with Crippen molar-refractivity contribution in [1.82, 2.24) is 9.99 Å². The largest absolute Gasteiger partial charge is 0.494 e. The molecule has 1 N–H and O–H groups in total. The molecule has 4 aromatic rings. The van der Waals surface area contributed by atoms with E-state index in [1.807, 2.05) is 19.1 Å². The Balaban J connectivity index is 1.50. The average Bonchev–Trinajstić information content (AvgIpc) is 3.13. The van der Waals surface area contributed by atoms with Crippen molar-refractivity contribution in [3.8, 4) is 5.75 Å². The number of carbonyl (C=O) groups excluding carboxylic acids is 1. The number of nitrogens with zero attached hydrogens (tertiary/aromatic N) is 2. The summed E-state index contributed by atoms with van der Waals surface area (Å²) in [5.74, 6) is 0.477. The maximum atomic E-state index is 12.4. The Hall–Kier alpha value is -3.13. The van der Waals surface area contributed by atoms with E-state index in [1.54, 1.807) is 30.5 Å². The first-order valence-corrected chi connectivity index (χ1v) is 11.1. The zero-order valence-electron chi connectivity index (χ0n) is 17.1. The average molecular weight is 523 g/mol. The summed E-state index contributed by atoms with van der Waals surface area (Å²) in [5, 5.41) is 5.28. The number of hydrogen-bond donors (Lipinski definition) is 1. The van der Waals surface area contributed by atoms with E-state index in [4.69, 9.17) is 4.74 Å². The molecular formula is C25H22IN3O2. The predicted molar refractivity (Wildman–Crippen MR) is 133 cm³/mol. The molecule has 1 amide bonds. The molecule has 156 valence electrons. The number of aromatic nitrogens is 1. The van der Waals surface area contributed by atoms with Crippen molar-refractivity contribution in [3.63, 3.8) is 0 Å². The Morgan fingerprint density at radius 1 is 1.06 bits per heavy atom. The maximum Gasteiger partial charge on any atom is 0.271 e. The number of carbonyl (C=O) groups is 1. The van der Waals surface area contributed by atoms with Crippen molar-refractivity contribution in [3.05, 3.63) is 99.3 Å². The lowest BCUT2D eigenvalue weighted by Crippen LogP contribution is -2.17. The van der Waals surface area contributed by atoms with Crippen LogP contribution in [-0.2, 0) is 6.54 Å². The van der Waals surface area contributed by atoms with Gasteiger partial charge in [-0.2, -0.15) is 5.10 Å². The fraction of sp³-hybridized carbons (Fsp3) is 0.120. The molecule has 0 spiro atoms. The number of fused-ring (bicyclic) bond motifs is 1. The summed E-state index contributed by atoms with van der Waals surface area (Å²) in [4.78, 5) is 12.4. The number of ether oxygens (including phenoxy) is 1. The van der Waals surface area contributed by atoms with Gasteiger partial charge in [0, 0.05) is 38.3 Å². The van der Waals surface area contributed by atoms with Crippen LogP contribution in [0.4, 0.5) is 0 Å². The Kier molecular flexibility index (Phi) is 6.66. The van der Waals surface area contributed by atoms with E-state index in [0.717, 1.165) is 28.8 Å². The number of nitrogens with one attached hydrogen (secondary N) is 1. The lowest BCUT2D eigenvalue weighted by Gasteiger charge is -2.05. The highest BCUT2D eigenvalue weighted by atomic mass is 127. The van der Waals surface area contributed by atoms with E-state index in [2.05, 4.69) is 80.3 Å². The Bertz CT molecular complexity index is 1210. The summed E-state index contributed by atoms with van der Waals surface area (Å²) in [6, 6.07) is 23.7. The first kappa shape index (κ1) is 21.1. The molecule has 0 fully saturated rings. The molecule has 0 saturated heterocycles. The molecule has 0 unspecified atom stereocenters. The van der Waals surface area contributed by atoms with Crippen LogP contribution in [0.3, 0.4) is 0 Å².